The van der Waals surface area contributed by atoms with Gasteiger partial charge in [-0.3, -0.25) is 4.79 Å². The van der Waals surface area contributed by atoms with E-state index in [0.29, 0.717) is 5.75 Å². The Kier molecular flexibility index (Phi) is 8.14. The fourth-order valence-corrected chi connectivity index (χ4v) is 3.33. The van der Waals surface area contributed by atoms with Gasteiger partial charge in [0.1, 0.15) is 11.5 Å². The minimum absolute atomic E-state index is 0.0715. The van der Waals surface area contributed by atoms with Gasteiger partial charge in [-0.15, -0.1) is 0 Å². The molecule has 24 heavy (non-hydrogen) atoms. The molecule has 134 valence electrons. The smallest absolute Gasteiger partial charge is 0.314 e. The molecule has 0 aliphatic heterocycles. The molecule has 0 spiro atoms. The van der Waals surface area contributed by atoms with Gasteiger partial charge >= 0.3 is 5.97 Å². The number of ether oxygens (including phenoxy) is 2. The molecular formula is C21H32O3. The summed E-state index contributed by atoms with van der Waals surface area (Å²) >= 11 is 0. The third kappa shape index (κ3) is 6.18. The summed E-state index contributed by atoms with van der Waals surface area (Å²) in [5, 5.41) is 0. The van der Waals surface area contributed by atoms with Crippen LogP contribution in [-0.2, 0) is 4.79 Å². The third-order valence-electron chi connectivity index (χ3n) is 5.07. The molecule has 3 heteroatoms. The summed E-state index contributed by atoms with van der Waals surface area (Å²) in [5.74, 6) is 2.26. The Balaban J connectivity index is 1.72. The predicted molar refractivity (Wildman–Crippen MR) is 97.5 cm³/mol. The number of hydrogen-bond acceptors (Lipinski definition) is 3. The normalized spacial score (nSPS) is 20.6. The van der Waals surface area contributed by atoms with Crippen LogP contribution in [0.3, 0.4) is 0 Å². The summed E-state index contributed by atoms with van der Waals surface area (Å²) in [6.45, 7) is 5.19. The van der Waals surface area contributed by atoms with E-state index in [1.807, 2.05) is 24.3 Å². The molecule has 0 N–H and O–H groups in total. The molecule has 1 aromatic carbocycles. The average Bonchev–Trinajstić information content (AvgIpc) is 2.63. The van der Waals surface area contributed by atoms with E-state index in [1.54, 1.807) is 0 Å². The molecule has 2 rings (SSSR count). The van der Waals surface area contributed by atoms with Crippen molar-refractivity contribution >= 4 is 5.97 Å². The molecule has 1 saturated carbocycles. The summed E-state index contributed by atoms with van der Waals surface area (Å²) in [5.41, 5.74) is 0. The van der Waals surface area contributed by atoms with E-state index in [9.17, 15) is 4.79 Å². The summed E-state index contributed by atoms with van der Waals surface area (Å²) in [6.07, 6.45) is 10.3. The molecular weight excluding hydrogens is 300 g/mol. The zero-order valence-electron chi connectivity index (χ0n) is 15.3. The molecule has 0 unspecified atom stereocenters. The lowest BCUT2D eigenvalue weighted by Crippen LogP contribution is -2.25. The largest absolute Gasteiger partial charge is 0.494 e. The molecule has 1 aromatic rings. The quantitative estimate of drug-likeness (QED) is 0.327. The van der Waals surface area contributed by atoms with E-state index < -0.39 is 0 Å². The van der Waals surface area contributed by atoms with Crippen molar-refractivity contribution in [3.63, 3.8) is 0 Å². The molecule has 0 amide bonds. The van der Waals surface area contributed by atoms with Gasteiger partial charge in [-0.05, 0) is 62.3 Å². The first-order chi connectivity index (χ1) is 11.7. The van der Waals surface area contributed by atoms with Crippen LogP contribution in [0.5, 0.6) is 11.5 Å². The first kappa shape index (κ1) is 18.8. The van der Waals surface area contributed by atoms with Gasteiger partial charge in [0.15, 0.2) is 0 Å². The van der Waals surface area contributed by atoms with Crippen molar-refractivity contribution in [3.8, 4) is 11.5 Å². The number of esters is 1. The van der Waals surface area contributed by atoms with Gasteiger partial charge < -0.3 is 9.47 Å². The Bertz CT molecular complexity index is 472. The summed E-state index contributed by atoms with van der Waals surface area (Å²) in [4.78, 5) is 12.3. The maximum Gasteiger partial charge on any atom is 0.314 e. The number of rotatable bonds is 9. The van der Waals surface area contributed by atoms with Crippen LogP contribution in [-0.4, -0.2) is 12.6 Å². The highest BCUT2D eigenvalue weighted by molar-refractivity contribution is 5.75. The van der Waals surface area contributed by atoms with Gasteiger partial charge in [-0.25, -0.2) is 0 Å². The lowest BCUT2D eigenvalue weighted by Gasteiger charge is -2.26. The van der Waals surface area contributed by atoms with Crippen molar-refractivity contribution in [3.05, 3.63) is 24.3 Å². The summed E-state index contributed by atoms with van der Waals surface area (Å²) in [7, 11) is 0. The van der Waals surface area contributed by atoms with Crippen LogP contribution in [0.1, 0.15) is 71.6 Å². The van der Waals surface area contributed by atoms with E-state index in [1.165, 1.54) is 25.7 Å². The predicted octanol–water partition coefficient (Wildman–Crippen LogP) is 5.77. The molecule has 0 radical (unpaired) electrons. The monoisotopic (exact) mass is 332 g/mol. The van der Waals surface area contributed by atoms with Crippen molar-refractivity contribution < 1.29 is 14.3 Å². The van der Waals surface area contributed by atoms with Gasteiger partial charge in [0.05, 0.1) is 12.5 Å². The van der Waals surface area contributed by atoms with Gasteiger partial charge in [0.25, 0.3) is 0 Å². The standard InChI is InChI=1S/C21H32O3/c1-3-5-6-7-16-23-19-12-14-20(15-13-19)24-21(22)18-10-8-17(4-2)9-11-18/h12-15,17-18H,3-11,16H2,1-2H3. The minimum Gasteiger partial charge on any atom is -0.494 e. The highest BCUT2D eigenvalue weighted by atomic mass is 16.5. The lowest BCUT2D eigenvalue weighted by atomic mass is 9.81. The topological polar surface area (TPSA) is 35.5 Å². The first-order valence-corrected chi connectivity index (χ1v) is 9.67. The second-order valence-electron chi connectivity index (χ2n) is 6.93. The molecule has 0 heterocycles. The highest BCUT2D eigenvalue weighted by Gasteiger charge is 2.26. The molecule has 1 aliphatic rings. The average molecular weight is 332 g/mol. The van der Waals surface area contributed by atoms with Gasteiger partial charge in [-0.1, -0.05) is 39.5 Å². The maximum atomic E-state index is 12.3. The van der Waals surface area contributed by atoms with Crippen LogP contribution in [0.4, 0.5) is 0 Å². The van der Waals surface area contributed by atoms with Gasteiger partial charge in [0, 0.05) is 0 Å². The number of unbranched alkanes of at least 4 members (excludes halogenated alkanes) is 3. The van der Waals surface area contributed by atoms with Crippen LogP contribution in [0.15, 0.2) is 24.3 Å². The second kappa shape index (κ2) is 10.4. The zero-order valence-corrected chi connectivity index (χ0v) is 15.3. The fourth-order valence-electron chi connectivity index (χ4n) is 3.33. The van der Waals surface area contributed by atoms with Gasteiger partial charge in [0.2, 0.25) is 0 Å². The minimum atomic E-state index is -0.0715. The van der Waals surface area contributed by atoms with Crippen LogP contribution in [0.2, 0.25) is 0 Å². The van der Waals surface area contributed by atoms with Crippen LogP contribution < -0.4 is 9.47 Å². The second-order valence-corrected chi connectivity index (χ2v) is 6.93. The Morgan fingerprint density at radius 2 is 1.62 bits per heavy atom. The SMILES string of the molecule is CCCCCCOc1ccc(OC(=O)C2CCC(CC)CC2)cc1. The van der Waals surface area contributed by atoms with E-state index in [4.69, 9.17) is 9.47 Å². The first-order valence-electron chi connectivity index (χ1n) is 9.67. The Labute approximate surface area is 146 Å². The number of hydrogen-bond donors (Lipinski definition) is 0. The summed E-state index contributed by atoms with van der Waals surface area (Å²) < 4.78 is 11.3. The lowest BCUT2D eigenvalue weighted by molar-refractivity contribution is -0.140. The number of benzene rings is 1. The zero-order chi connectivity index (χ0) is 17.2. The molecule has 0 bridgehead atoms. The number of carbonyl (C=O) groups excluding carboxylic acids is 1. The van der Waals surface area contributed by atoms with E-state index in [0.717, 1.165) is 50.4 Å². The van der Waals surface area contributed by atoms with E-state index in [-0.39, 0.29) is 11.9 Å². The molecule has 1 fully saturated rings. The van der Waals surface area contributed by atoms with Crippen molar-refractivity contribution in [2.45, 2.75) is 71.6 Å². The molecule has 0 saturated heterocycles. The van der Waals surface area contributed by atoms with Crippen molar-refractivity contribution in [2.24, 2.45) is 11.8 Å². The molecule has 0 aromatic heterocycles. The Morgan fingerprint density at radius 3 is 2.25 bits per heavy atom. The van der Waals surface area contributed by atoms with Crippen LogP contribution in [0, 0.1) is 11.8 Å². The molecule has 1 aliphatic carbocycles. The van der Waals surface area contributed by atoms with Crippen molar-refractivity contribution in [1.82, 2.24) is 0 Å². The summed E-state index contributed by atoms with van der Waals surface area (Å²) in [6, 6.07) is 7.43. The molecule has 0 atom stereocenters. The Hall–Kier alpha value is -1.51. The van der Waals surface area contributed by atoms with E-state index in [2.05, 4.69) is 13.8 Å². The van der Waals surface area contributed by atoms with E-state index >= 15 is 0 Å². The highest BCUT2D eigenvalue weighted by Crippen LogP contribution is 2.31. The van der Waals surface area contributed by atoms with Gasteiger partial charge in [-0.2, -0.15) is 0 Å². The number of carbonyl (C=O) groups is 1. The Morgan fingerprint density at radius 1 is 0.958 bits per heavy atom. The third-order valence-corrected chi connectivity index (χ3v) is 5.07. The van der Waals surface area contributed by atoms with Crippen LogP contribution >= 0.6 is 0 Å². The van der Waals surface area contributed by atoms with Crippen molar-refractivity contribution in [1.29, 1.82) is 0 Å². The fraction of sp³-hybridized carbons (Fsp3) is 0.667. The molecule has 3 nitrogen and oxygen atoms in total. The van der Waals surface area contributed by atoms with Crippen LogP contribution in [0.25, 0.3) is 0 Å². The van der Waals surface area contributed by atoms with Crippen molar-refractivity contribution in [2.75, 3.05) is 6.61 Å². The maximum absolute atomic E-state index is 12.3.